The summed E-state index contributed by atoms with van der Waals surface area (Å²) in [6, 6.07) is 12.6. The van der Waals surface area contributed by atoms with Gasteiger partial charge in [0.2, 0.25) is 0 Å². The second kappa shape index (κ2) is 8.33. The van der Waals surface area contributed by atoms with E-state index in [1.54, 1.807) is 24.3 Å². The van der Waals surface area contributed by atoms with Gasteiger partial charge in [0, 0.05) is 5.69 Å². The molecule has 0 bridgehead atoms. The van der Waals surface area contributed by atoms with Gasteiger partial charge in [-0.25, -0.2) is 4.79 Å². The molecule has 132 valence electrons. The quantitative estimate of drug-likeness (QED) is 0.809. The summed E-state index contributed by atoms with van der Waals surface area (Å²) < 4.78 is 10.2. The number of carbonyl (C=O) groups is 2. The third kappa shape index (κ3) is 4.59. The molecule has 0 saturated carbocycles. The molecule has 0 spiro atoms. The molecular formula is C20H23NO4. The molecule has 5 heteroatoms. The molecule has 0 saturated heterocycles. The van der Waals surface area contributed by atoms with Crippen molar-refractivity contribution < 1.29 is 19.1 Å². The summed E-state index contributed by atoms with van der Waals surface area (Å²) in [5.41, 5.74) is 3.08. The predicted molar refractivity (Wildman–Crippen MR) is 97.2 cm³/mol. The topological polar surface area (TPSA) is 64.6 Å². The number of benzene rings is 2. The van der Waals surface area contributed by atoms with Crippen LogP contribution in [0.15, 0.2) is 42.5 Å². The third-order valence-corrected chi connectivity index (χ3v) is 3.85. The Morgan fingerprint density at radius 1 is 1.08 bits per heavy atom. The van der Waals surface area contributed by atoms with Crippen LogP contribution >= 0.6 is 0 Å². The van der Waals surface area contributed by atoms with E-state index in [1.807, 2.05) is 25.1 Å². The van der Waals surface area contributed by atoms with Gasteiger partial charge in [0.1, 0.15) is 11.3 Å². The van der Waals surface area contributed by atoms with Crippen molar-refractivity contribution in [2.45, 2.75) is 26.7 Å². The fourth-order valence-electron chi connectivity index (χ4n) is 2.54. The Kier molecular flexibility index (Phi) is 6.17. The Morgan fingerprint density at radius 3 is 2.48 bits per heavy atom. The predicted octanol–water partition coefficient (Wildman–Crippen LogP) is 3.92. The number of amides is 1. The lowest BCUT2D eigenvalue weighted by Crippen LogP contribution is -2.22. The minimum absolute atomic E-state index is 0.270. The third-order valence-electron chi connectivity index (χ3n) is 3.85. The fourth-order valence-corrected chi connectivity index (χ4v) is 2.54. The molecule has 0 unspecified atom stereocenters. The molecule has 0 aliphatic rings. The molecule has 0 aromatic heterocycles. The molecule has 25 heavy (non-hydrogen) atoms. The number of rotatable bonds is 6. The first-order chi connectivity index (χ1) is 11.9. The summed E-state index contributed by atoms with van der Waals surface area (Å²) in [5, 5.41) is 2.85. The maximum Gasteiger partial charge on any atom is 0.342 e. The SMILES string of the molecule is COc1ccccc1C(=O)OCC(=O)Nc1c(C)cccc1C(C)C. The molecule has 1 N–H and O–H groups in total. The van der Waals surface area contributed by atoms with E-state index < -0.39 is 5.97 Å². The zero-order chi connectivity index (χ0) is 18.4. The van der Waals surface area contributed by atoms with E-state index in [0.717, 1.165) is 16.8 Å². The lowest BCUT2D eigenvalue weighted by Gasteiger charge is -2.16. The van der Waals surface area contributed by atoms with Gasteiger partial charge in [-0.05, 0) is 36.1 Å². The first kappa shape index (κ1) is 18.5. The Balaban J connectivity index is 2.03. The van der Waals surface area contributed by atoms with Crippen LogP contribution in [-0.2, 0) is 9.53 Å². The second-order valence-electron chi connectivity index (χ2n) is 6.02. The highest BCUT2D eigenvalue weighted by atomic mass is 16.5. The van der Waals surface area contributed by atoms with Crippen LogP contribution in [0.25, 0.3) is 0 Å². The molecule has 5 nitrogen and oxygen atoms in total. The van der Waals surface area contributed by atoms with Gasteiger partial charge in [-0.1, -0.05) is 44.2 Å². The van der Waals surface area contributed by atoms with Crippen LogP contribution in [0.3, 0.4) is 0 Å². The highest BCUT2D eigenvalue weighted by Crippen LogP contribution is 2.27. The number of nitrogens with one attached hydrogen (secondary N) is 1. The summed E-state index contributed by atoms with van der Waals surface area (Å²) >= 11 is 0. The van der Waals surface area contributed by atoms with Crippen molar-refractivity contribution in [3.63, 3.8) is 0 Å². The summed E-state index contributed by atoms with van der Waals surface area (Å²) in [6.07, 6.45) is 0. The van der Waals surface area contributed by atoms with E-state index in [1.165, 1.54) is 7.11 Å². The van der Waals surface area contributed by atoms with Crippen LogP contribution in [0, 0.1) is 6.92 Å². The summed E-state index contributed by atoms with van der Waals surface area (Å²) in [7, 11) is 1.48. The smallest absolute Gasteiger partial charge is 0.342 e. The number of ether oxygens (including phenoxy) is 2. The van der Waals surface area contributed by atoms with Crippen LogP contribution in [0.5, 0.6) is 5.75 Å². The summed E-state index contributed by atoms with van der Waals surface area (Å²) in [5.74, 6) is -0.291. The minimum atomic E-state index is -0.596. The van der Waals surface area contributed by atoms with E-state index in [9.17, 15) is 9.59 Å². The molecule has 0 atom stereocenters. The van der Waals surface area contributed by atoms with Crippen molar-refractivity contribution in [1.29, 1.82) is 0 Å². The Labute approximate surface area is 148 Å². The highest BCUT2D eigenvalue weighted by Gasteiger charge is 2.16. The first-order valence-corrected chi connectivity index (χ1v) is 8.13. The number of hydrogen-bond donors (Lipinski definition) is 1. The Bertz CT molecular complexity index is 768. The number of methoxy groups -OCH3 is 1. The van der Waals surface area contributed by atoms with Crippen molar-refractivity contribution in [2.75, 3.05) is 19.0 Å². The van der Waals surface area contributed by atoms with Crippen LogP contribution < -0.4 is 10.1 Å². The molecule has 0 aliphatic carbocycles. The number of aryl methyl sites for hydroxylation is 1. The zero-order valence-corrected chi connectivity index (χ0v) is 15.0. The molecule has 2 aromatic carbocycles. The van der Waals surface area contributed by atoms with Crippen LogP contribution in [0.1, 0.15) is 41.3 Å². The lowest BCUT2D eigenvalue weighted by atomic mass is 9.98. The highest BCUT2D eigenvalue weighted by molar-refractivity contribution is 5.97. The van der Waals surface area contributed by atoms with Gasteiger partial charge < -0.3 is 14.8 Å². The minimum Gasteiger partial charge on any atom is -0.496 e. The Morgan fingerprint density at radius 2 is 1.80 bits per heavy atom. The largest absolute Gasteiger partial charge is 0.496 e. The normalized spacial score (nSPS) is 10.4. The maximum atomic E-state index is 12.2. The summed E-state index contributed by atoms with van der Waals surface area (Å²) in [4.78, 5) is 24.4. The monoisotopic (exact) mass is 341 g/mol. The van der Waals surface area contributed by atoms with Crippen molar-refractivity contribution in [2.24, 2.45) is 0 Å². The van der Waals surface area contributed by atoms with Gasteiger partial charge in [-0.3, -0.25) is 4.79 Å². The van der Waals surface area contributed by atoms with Crippen molar-refractivity contribution in [1.82, 2.24) is 0 Å². The number of carbonyl (C=O) groups excluding carboxylic acids is 2. The van der Waals surface area contributed by atoms with E-state index in [0.29, 0.717) is 5.75 Å². The average Bonchev–Trinajstić information content (AvgIpc) is 2.61. The van der Waals surface area contributed by atoms with E-state index in [2.05, 4.69) is 19.2 Å². The maximum absolute atomic E-state index is 12.2. The zero-order valence-electron chi connectivity index (χ0n) is 15.0. The van der Waals surface area contributed by atoms with Gasteiger partial charge in [-0.15, -0.1) is 0 Å². The van der Waals surface area contributed by atoms with Crippen molar-refractivity contribution >= 4 is 17.6 Å². The number of para-hydroxylation sites is 2. The molecule has 1 amide bonds. The molecular weight excluding hydrogens is 318 g/mol. The van der Waals surface area contributed by atoms with Crippen molar-refractivity contribution in [3.05, 3.63) is 59.2 Å². The van der Waals surface area contributed by atoms with Gasteiger partial charge >= 0.3 is 5.97 Å². The second-order valence-corrected chi connectivity index (χ2v) is 6.02. The molecule has 2 aromatic rings. The fraction of sp³-hybridized carbons (Fsp3) is 0.300. The first-order valence-electron chi connectivity index (χ1n) is 8.13. The molecule has 2 rings (SSSR count). The standard InChI is InChI=1S/C20H23NO4/c1-13(2)15-10-7-8-14(3)19(15)21-18(22)12-25-20(23)16-9-5-6-11-17(16)24-4/h5-11,13H,12H2,1-4H3,(H,21,22). The lowest BCUT2D eigenvalue weighted by molar-refractivity contribution is -0.119. The van der Waals surface area contributed by atoms with Crippen molar-refractivity contribution in [3.8, 4) is 5.75 Å². The number of esters is 1. The average molecular weight is 341 g/mol. The van der Waals surface area contributed by atoms with E-state index in [4.69, 9.17) is 9.47 Å². The molecule has 0 radical (unpaired) electrons. The van der Waals surface area contributed by atoms with Gasteiger partial charge in [-0.2, -0.15) is 0 Å². The van der Waals surface area contributed by atoms with Crippen LogP contribution in [0.2, 0.25) is 0 Å². The molecule has 0 fully saturated rings. The van der Waals surface area contributed by atoms with Crippen LogP contribution in [-0.4, -0.2) is 25.6 Å². The van der Waals surface area contributed by atoms with Gasteiger partial charge in [0.05, 0.1) is 7.11 Å². The van der Waals surface area contributed by atoms with Gasteiger partial charge in [0.15, 0.2) is 6.61 Å². The van der Waals surface area contributed by atoms with E-state index in [-0.39, 0.29) is 24.0 Å². The summed E-state index contributed by atoms with van der Waals surface area (Å²) in [6.45, 7) is 5.70. The van der Waals surface area contributed by atoms with Gasteiger partial charge in [0.25, 0.3) is 5.91 Å². The number of hydrogen-bond acceptors (Lipinski definition) is 4. The Hall–Kier alpha value is -2.82. The van der Waals surface area contributed by atoms with Crippen LogP contribution in [0.4, 0.5) is 5.69 Å². The number of anilines is 1. The molecule has 0 heterocycles. The molecule has 0 aliphatic heterocycles. The van der Waals surface area contributed by atoms with E-state index >= 15 is 0 Å².